The smallest absolute Gasteiger partial charge is 0.213 e. The largest absolute Gasteiger partial charge is 0.484 e. The topological polar surface area (TPSA) is 100.0 Å². The quantitative estimate of drug-likeness (QED) is 0.190. The molecule has 43 heavy (non-hydrogen) atoms. The molecule has 0 spiro atoms. The van der Waals surface area contributed by atoms with Crippen LogP contribution >= 0.6 is 15.9 Å². The average Bonchev–Trinajstić information content (AvgIpc) is 3.68. The maximum absolute atomic E-state index is 14.9. The molecule has 0 amide bonds. The SMILES string of the molecule is N#CCC1(Cn2c(CN3CCC(Oc4cccc(COc5ccc(C#N)cc5F)n4)CC3)nc3c(F)cc(Br)cc32)CC1. The van der Waals surface area contributed by atoms with E-state index in [-0.39, 0.29) is 35.3 Å². The summed E-state index contributed by atoms with van der Waals surface area (Å²) in [7, 11) is 0. The van der Waals surface area contributed by atoms with Crippen molar-refractivity contribution in [2.45, 2.75) is 57.9 Å². The Labute approximate surface area is 256 Å². The summed E-state index contributed by atoms with van der Waals surface area (Å²) < 4.78 is 43.5. The van der Waals surface area contributed by atoms with E-state index in [9.17, 15) is 14.0 Å². The standard InChI is InChI=1S/C32H29BrF2N6O2/c33-22-15-26(35)31-27(16-22)41(20-32(8-9-32)10-11-36)29(39-31)18-40-12-6-24(7-13-40)43-30-3-1-2-23(38-30)19-42-28-5-4-21(17-37)14-25(28)34/h1-5,14-16,24H,6-10,12-13,18-20H2. The van der Waals surface area contributed by atoms with Crippen LogP contribution in [0.2, 0.25) is 0 Å². The van der Waals surface area contributed by atoms with E-state index < -0.39 is 5.82 Å². The van der Waals surface area contributed by atoms with E-state index in [1.807, 2.05) is 18.2 Å². The normalized spacial score (nSPS) is 16.5. The molecule has 1 aliphatic heterocycles. The van der Waals surface area contributed by atoms with Gasteiger partial charge in [-0.25, -0.2) is 18.7 Å². The van der Waals surface area contributed by atoms with Crippen LogP contribution in [0.4, 0.5) is 8.78 Å². The van der Waals surface area contributed by atoms with E-state index >= 15 is 0 Å². The molecule has 0 unspecified atom stereocenters. The van der Waals surface area contributed by atoms with E-state index in [4.69, 9.17) is 19.7 Å². The van der Waals surface area contributed by atoms with Crippen molar-refractivity contribution >= 4 is 27.0 Å². The summed E-state index contributed by atoms with van der Waals surface area (Å²) in [4.78, 5) is 11.6. The van der Waals surface area contributed by atoms with Gasteiger partial charge in [0, 0.05) is 42.0 Å². The minimum atomic E-state index is -0.596. The number of likely N-dealkylation sites (tertiary alicyclic amines) is 1. The number of imidazole rings is 1. The van der Waals surface area contributed by atoms with Gasteiger partial charge in [0.15, 0.2) is 17.4 Å². The second-order valence-corrected chi connectivity index (χ2v) is 12.2. The van der Waals surface area contributed by atoms with Gasteiger partial charge in [0.2, 0.25) is 5.88 Å². The van der Waals surface area contributed by atoms with Crippen LogP contribution in [0.5, 0.6) is 11.6 Å². The number of piperidine rings is 1. The van der Waals surface area contributed by atoms with Crippen LogP contribution in [0.1, 0.15) is 49.2 Å². The second-order valence-electron chi connectivity index (χ2n) is 11.3. The molecule has 220 valence electrons. The third kappa shape index (κ3) is 6.64. The molecule has 11 heteroatoms. The van der Waals surface area contributed by atoms with Gasteiger partial charge in [-0.05, 0) is 62.1 Å². The molecule has 2 fully saturated rings. The fraction of sp³-hybridized carbons (Fsp3) is 0.375. The minimum absolute atomic E-state index is 0.0199. The molecule has 0 radical (unpaired) electrons. The van der Waals surface area contributed by atoms with Crippen LogP contribution in [0.15, 0.2) is 53.0 Å². The molecule has 0 atom stereocenters. The van der Waals surface area contributed by atoms with Crippen molar-refractivity contribution in [3.8, 4) is 23.8 Å². The lowest BCUT2D eigenvalue weighted by Gasteiger charge is -2.32. The van der Waals surface area contributed by atoms with Crippen molar-refractivity contribution in [3.63, 3.8) is 0 Å². The molecule has 1 saturated carbocycles. The zero-order chi connectivity index (χ0) is 30.0. The molecule has 2 aromatic carbocycles. The van der Waals surface area contributed by atoms with Gasteiger partial charge >= 0.3 is 0 Å². The molecule has 0 N–H and O–H groups in total. The van der Waals surface area contributed by atoms with Crippen molar-refractivity contribution in [2.75, 3.05) is 13.1 Å². The van der Waals surface area contributed by atoms with Gasteiger partial charge < -0.3 is 14.0 Å². The molecule has 2 aliphatic rings. The summed E-state index contributed by atoms with van der Waals surface area (Å²) in [5, 5.41) is 18.3. The lowest BCUT2D eigenvalue weighted by molar-refractivity contribution is 0.0907. The number of aromatic nitrogens is 3. The average molecular weight is 648 g/mol. The van der Waals surface area contributed by atoms with Crippen LogP contribution in [0, 0.1) is 39.7 Å². The summed E-state index contributed by atoms with van der Waals surface area (Å²) in [5.74, 6) is 0.393. The highest BCUT2D eigenvalue weighted by atomic mass is 79.9. The molecular weight excluding hydrogens is 618 g/mol. The van der Waals surface area contributed by atoms with Crippen LogP contribution in [-0.2, 0) is 19.7 Å². The Morgan fingerprint density at radius 1 is 1.02 bits per heavy atom. The van der Waals surface area contributed by atoms with Crippen LogP contribution < -0.4 is 9.47 Å². The fourth-order valence-electron chi connectivity index (χ4n) is 5.56. The summed E-state index contributed by atoms with van der Waals surface area (Å²) in [6, 6.07) is 17.1. The van der Waals surface area contributed by atoms with Crippen LogP contribution in [0.25, 0.3) is 11.0 Å². The number of benzene rings is 2. The van der Waals surface area contributed by atoms with E-state index in [0.29, 0.717) is 41.1 Å². The van der Waals surface area contributed by atoms with E-state index in [1.54, 1.807) is 12.1 Å². The molecule has 8 nitrogen and oxygen atoms in total. The molecule has 0 bridgehead atoms. The summed E-state index contributed by atoms with van der Waals surface area (Å²) >= 11 is 3.42. The highest BCUT2D eigenvalue weighted by Crippen LogP contribution is 2.50. The van der Waals surface area contributed by atoms with Gasteiger partial charge in [-0.1, -0.05) is 22.0 Å². The number of hydrogen-bond donors (Lipinski definition) is 0. The first-order valence-corrected chi connectivity index (χ1v) is 15.0. The summed E-state index contributed by atoms with van der Waals surface area (Å²) in [6.07, 6.45) is 4.03. The fourth-order valence-corrected chi connectivity index (χ4v) is 5.98. The molecule has 4 aromatic rings. The summed E-state index contributed by atoms with van der Waals surface area (Å²) in [5.41, 5.74) is 1.88. The predicted octanol–water partition coefficient (Wildman–Crippen LogP) is 6.66. The Morgan fingerprint density at radius 2 is 1.84 bits per heavy atom. The predicted molar refractivity (Wildman–Crippen MR) is 158 cm³/mol. The van der Waals surface area contributed by atoms with Gasteiger partial charge in [-0.2, -0.15) is 10.5 Å². The van der Waals surface area contributed by atoms with Gasteiger partial charge in [-0.3, -0.25) is 4.90 Å². The number of halogens is 3. The van der Waals surface area contributed by atoms with E-state index in [1.165, 1.54) is 18.2 Å². The van der Waals surface area contributed by atoms with Crippen molar-refractivity contribution < 1.29 is 18.3 Å². The number of ether oxygens (including phenoxy) is 2. The Morgan fingerprint density at radius 3 is 2.56 bits per heavy atom. The van der Waals surface area contributed by atoms with Crippen molar-refractivity contribution in [3.05, 3.63) is 81.7 Å². The van der Waals surface area contributed by atoms with E-state index in [2.05, 4.69) is 36.5 Å². The molecular formula is C32H29BrF2N6O2. The van der Waals surface area contributed by atoms with Crippen molar-refractivity contribution in [1.29, 1.82) is 10.5 Å². The number of rotatable bonds is 10. The zero-order valence-electron chi connectivity index (χ0n) is 23.4. The number of fused-ring (bicyclic) bond motifs is 1. The molecule has 1 aliphatic carbocycles. The van der Waals surface area contributed by atoms with E-state index in [0.717, 1.165) is 56.2 Å². The first-order chi connectivity index (χ1) is 20.8. The lowest BCUT2D eigenvalue weighted by Crippen LogP contribution is -2.38. The molecule has 2 aromatic heterocycles. The first-order valence-electron chi connectivity index (χ1n) is 14.2. The van der Waals surface area contributed by atoms with Crippen molar-refractivity contribution in [1.82, 2.24) is 19.4 Å². The highest BCUT2D eigenvalue weighted by Gasteiger charge is 2.43. The number of pyridine rings is 1. The minimum Gasteiger partial charge on any atom is -0.484 e. The third-order valence-corrected chi connectivity index (χ3v) is 8.62. The second kappa shape index (κ2) is 12.3. The Bertz CT molecular complexity index is 1730. The Hall–Kier alpha value is -4.06. The molecule has 1 saturated heterocycles. The number of hydrogen-bond acceptors (Lipinski definition) is 7. The zero-order valence-corrected chi connectivity index (χ0v) is 25.0. The highest BCUT2D eigenvalue weighted by molar-refractivity contribution is 9.10. The number of nitrogens with zero attached hydrogens (tertiary/aromatic N) is 6. The first kappa shape index (κ1) is 29.0. The lowest BCUT2D eigenvalue weighted by atomic mass is 10.0. The number of nitriles is 2. The maximum atomic E-state index is 14.9. The van der Waals surface area contributed by atoms with Gasteiger partial charge in [-0.15, -0.1) is 0 Å². The van der Waals surface area contributed by atoms with Gasteiger partial charge in [0.05, 0.1) is 35.5 Å². The van der Waals surface area contributed by atoms with Crippen LogP contribution in [0.3, 0.4) is 0 Å². The Balaban J connectivity index is 1.07. The van der Waals surface area contributed by atoms with Gasteiger partial charge in [0.25, 0.3) is 0 Å². The van der Waals surface area contributed by atoms with Crippen LogP contribution in [-0.4, -0.2) is 38.6 Å². The summed E-state index contributed by atoms with van der Waals surface area (Å²) in [6.45, 7) is 2.87. The van der Waals surface area contributed by atoms with Crippen molar-refractivity contribution in [2.24, 2.45) is 5.41 Å². The molecule has 6 rings (SSSR count). The Kier molecular flexibility index (Phi) is 8.29. The molecule has 3 heterocycles. The monoisotopic (exact) mass is 646 g/mol. The van der Waals surface area contributed by atoms with Gasteiger partial charge in [0.1, 0.15) is 24.1 Å². The maximum Gasteiger partial charge on any atom is 0.213 e. The third-order valence-electron chi connectivity index (χ3n) is 8.16.